The van der Waals surface area contributed by atoms with E-state index in [-0.39, 0.29) is 12.5 Å². The van der Waals surface area contributed by atoms with Crippen LogP contribution in [-0.4, -0.2) is 42.5 Å². The fourth-order valence-corrected chi connectivity index (χ4v) is 1.94. The molecule has 0 aliphatic heterocycles. The van der Waals surface area contributed by atoms with Crippen LogP contribution in [0.5, 0.6) is 0 Å². The highest BCUT2D eigenvalue weighted by Crippen LogP contribution is 2.18. The van der Waals surface area contributed by atoms with Crippen LogP contribution in [0, 0.1) is 0 Å². The highest BCUT2D eigenvalue weighted by molar-refractivity contribution is 6.04. The van der Waals surface area contributed by atoms with Crippen molar-refractivity contribution in [2.45, 2.75) is 6.92 Å². The Balaban J connectivity index is 1.85. The molecule has 22 heavy (non-hydrogen) atoms. The van der Waals surface area contributed by atoms with Crippen molar-refractivity contribution in [3.8, 4) is 0 Å². The Bertz CT molecular complexity index is 693. The quantitative estimate of drug-likeness (QED) is 0.679. The molecule has 116 valence electrons. The van der Waals surface area contributed by atoms with Gasteiger partial charge in [-0.05, 0) is 13.0 Å². The number of likely N-dealkylation sites (N-methyl/N-ethyl adjacent to an activating group) is 1. The second-order valence-electron chi connectivity index (χ2n) is 4.55. The molecule has 7 heteroatoms. The third-order valence-corrected chi connectivity index (χ3v) is 2.96. The van der Waals surface area contributed by atoms with Crippen molar-refractivity contribution in [1.82, 2.24) is 15.6 Å². The Kier molecular flexibility index (Phi) is 5.13. The minimum atomic E-state index is -0.592. The monoisotopic (exact) mass is 303 g/mol. The summed E-state index contributed by atoms with van der Waals surface area (Å²) in [6.07, 6.45) is 1.54. The molecule has 7 nitrogen and oxygen atoms in total. The molecule has 3 N–H and O–H groups in total. The number of benzene rings is 1. The van der Waals surface area contributed by atoms with Crippen molar-refractivity contribution in [2.75, 3.05) is 19.7 Å². The fourth-order valence-electron chi connectivity index (χ4n) is 1.94. The van der Waals surface area contributed by atoms with Gasteiger partial charge in [0.1, 0.15) is 0 Å². The van der Waals surface area contributed by atoms with Gasteiger partial charge in [-0.15, -0.1) is 0 Å². The average molecular weight is 303 g/mol. The molecule has 2 amide bonds. The molecule has 0 unspecified atom stereocenters. The standard InChI is InChI=1S/C15H17N3O4/c1-2-16-13(19)8-18-14(20)9-22-15(21)11-7-17-12-6-4-3-5-10(11)12/h3-7,17H,2,8-9H2,1H3,(H,16,19)(H,18,20). The molecule has 2 aromatic rings. The Morgan fingerprint density at radius 3 is 2.68 bits per heavy atom. The van der Waals surface area contributed by atoms with Crippen LogP contribution in [0.3, 0.4) is 0 Å². The smallest absolute Gasteiger partial charge is 0.340 e. The van der Waals surface area contributed by atoms with E-state index in [9.17, 15) is 14.4 Å². The van der Waals surface area contributed by atoms with Crippen molar-refractivity contribution in [3.63, 3.8) is 0 Å². The van der Waals surface area contributed by atoms with Gasteiger partial charge in [-0.2, -0.15) is 0 Å². The maximum absolute atomic E-state index is 12.0. The second kappa shape index (κ2) is 7.26. The Morgan fingerprint density at radius 1 is 1.14 bits per heavy atom. The van der Waals surface area contributed by atoms with E-state index in [2.05, 4.69) is 15.6 Å². The number of rotatable bonds is 6. The predicted molar refractivity (Wildman–Crippen MR) is 80.3 cm³/mol. The molecule has 0 bridgehead atoms. The lowest BCUT2D eigenvalue weighted by molar-refractivity contribution is -0.127. The van der Waals surface area contributed by atoms with Gasteiger partial charge in [-0.3, -0.25) is 9.59 Å². The molecule has 1 aromatic heterocycles. The summed E-state index contributed by atoms with van der Waals surface area (Å²) < 4.78 is 4.95. The molecule has 1 heterocycles. The number of esters is 1. The Morgan fingerprint density at radius 2 is 1.91 bits per heavy atom. The summed E-state index contributed by atoms with van der Waals surface area (Å²) in [6.45, 7) is 1.70. The van der Waals surface area contributed by atoms with Crippen LogP contribution < -0.4 is 10.6 Å². The summed E-state index contributed by atoms with van der Waals surface area (Å²) in [5.41, 5.74) is 1.18. The molecule has 0 aliphatic rings. The summed E-state index contributed by atoms with van der Waals surface area (Å²) in [5, 5.41) is 5.64. The Hall–Kier alpha value is -2.83. The average Bonchev–Trinajstić information content (AvgIpc) is 2.95. The molecule has 0 fully saturated rings. The van der Waals surface area contributed by atoms with Crippen LogP contribution >= 0.6 is 0 Å². The minimum Gasteiger partial charge on any atom is -0.452 e. The van der Waals surface area contributed by atoms with E-state index in [1.807, 2.05) is 18.2 Å². The maximum atomic E-state index is 12.0. The zero-order valence-corrected chi connectivity index (χ0v) is 12.1. The first kappa shape index (κ1) is 15.6. The SMILES string of the molecule is CCNC(=O)CNC(=O)COC(=O)c1c[nH]c2ccccc12. The van der Waals surface area contributed by atoms with Gasteiger partial charge < -0.3 is 20.4 Å². The lowest BCUT2D eigenvalue weighted by Crippen LogP contribution is -2.38. The first-order valence-corrected chi connectivity index (χ1v) is 6.88. The van der Waals surface area contributed by atoms with Crippen molar-refractivity contribution < 1.29 is 19.1 Å². The molecule has 0 spiro atoms. The number of amides is 2. The zero-order chi connectivity index (χ0) is 15.9. The van der Waals surface area contributed by atoms with Gasteiger partial charge in [-0.1, -0.05) is 18.2 Å². The first-order valence-electron chi connectivity index (χ1n) is 6.88. The molecule has 0 saturated carbocycles. The van der Waals surface area contributed by atoms with Gasteiger partial charge in [0.2, 0.25) is 5.91 Å². The van der Waals surface area contributed by atoms with E-state index >= 15 is 0 Å². The van der Waals surface area contributed by atoms with E-state index < -0.39 is 18.5 Å². The summed E-state index contributed by atoms with van der Waals surface area (Å²) in [6, 6.07) is 7.29. The van der Waals surface area contributed by atoms with Crippen LogP contribution in [0.1, 0.15) is 17.3 Å². The normalized spacial score (nSPS) is 10.2. The van der Waals surface area contributed by atoms with Gasteiger partial charge >= 0.3 is 5.97 Å². The van der Waals surface area contributed by atoms with E-state index in [1.54, 1.807) is 19.2 Å². The fraction of sp³-hybridized carbons (Fsp3) is 0.267. The van der Waals surface area contributed by atoms with Crippen molar-refractivity contribution in [1.29, 1.82) is 0 Å². The number of aromatic nitrogens is 1. The number of fused-ring (bicyclic) bond motifs is 1. The minimum absolute atomic E-state index is 0.142. The largest absolute Gasteiger partial charge is 0.452 e. The molecule has 0 atom stereocenters. The molecule has 2 rings (SSSR count). The Labute approximate surface area is 127 Å². The number of para-hydroxylation sites is 1. The highest BCUT2D eigenvalue weighted by atomic mass is 16.5. The number of nitrogens with one attached hydrogen (secondary N) is 3. The number of hydrogen-bond donors (Lipinski definition) is 3. The predicted octanol–water partition coefficient (Wildman–Crippen LogP) is 0.577. The topological polar surface area (TPSA) is 100 Å². The van der Waals surface area contributed by atoms with Crippen LogP contribution in [0.15, 0.2) is 30.5 Å². The van der Waals surface area contributed by atoms with Crippen LogP contribution in [0.4, 0.5) is 0 Å². The zero-order valence-electron chi connectivity index (χ0n) is 12.1. The number of ether oxygens (including phenoxy) is 1. The summed E-state index contributed by atoms with van der Waals surface area (Å²) in [7, 11) is 0. The number of carbonyl (C=O) groups is 3. The third-order valence-electron chi connectivity index (χ3n) is 2.96. The summed E-state index contributed by atoms with van der Waals surface area (Å²) >= 11 is 0. The van der Waals surface area contributed by atoms with Crippen molar-refractivity contribution >= 4 is 28.7 Å². The molecular formula is C15H17N3O4. The van der Waals surface area contributed by atoms with Gasteiger partial charge in [-0.25, -0.2) is 4.79 Å². The van der Waals surface area contributed by atoms with E-state index in [0.717, 1.165) is 10.9 Å². The lowest BCUT2D eigenvalue weighted by atomic mass is 10.2. The number of H-pyrrole nitrogens is 1. The van der Waals surface area contributed by atoms with Gasteiger partial charge in [0, 0.05) is 23.6 Å². The maximum Gasteiger partial charge on any atom is 0.340 e. The van der Waals surface area contributed by atoms with Crippen LogP contribution in [0.25, 0.3) is 10.9 Å². The number of carbonyl (C=O) groups excluding carboxylic acids is 3. The van der Waals surface area contributed by atoms with Gasteiger partial charge in [0.15, 0.2) is 6.61 Å². The molecule has 0 aliphatic carbocycles. The van der Waals surface area contributed by atoms with Gasteiger partial charge in [0.25, 0.3) is 5.91 Å². The molecular weight excluding hydrogens is 286 g/mol. The second-order valence-corrected chi connectivity index (χ2v) is 4.55. The van der Waals surface area contributed by atoms with Crippen LogP contribution in [0.2, 0.25) is 0 Å². The number of aromatic amines is 1. The molecule has 1 aromatic carbocycles. The van der Waals surface area contributed by atoms with Gasteiger partial charge in [0.05, 0.1) is 12.1 Å². The lowest BCUT2D eigenvalue weighted by Gasteiger charge is -2.06. The summed E-state index contributed by atoms with van der Waals surface area (Å²) in [4.78, 5) is 37.6. The van der Waals surface area contributed by atoms with E-state index in [0.29, 0.717) is 12.1 Å². The summed E-state index contributed by atoms with van der Waals surface area (Å²) in [5.74, 6) is -1.41. The van der Waals surface area contributed by atoms with Crippen LogP contribution in [-0.2, 0) is 14.3 Å². The highest BCUT2D eigenvalue weighted by Gasteiger charge is 2.14. The third kappa shape index (κ3) is 3.85. The first-order chi connectivity index (χ1) is 10.6. The molecule has 0 radical (unpaired) electrons. The molecule has 0 saturated heterocycles. The van der Waals surface area contributed by atoms with E-state index in [4.69, 9.17) is 4.74 Å². The van der Waals surface area contributed by atoms with Crippen molar-refractivity contribution in [3.05, 3.63) is 36.0 Å². The van der Waals surface area contributed by atoms with Crippen molar-refractivity contribution in [2.24, 2.45) is 0 Å². The van der Waals surface area contributed by atoms with E-state index in [1.165, 1.54) is 0 Å². The number of hydrogen-bond acceptors (Lipinski definition) is 4.